The van der Waals surface area contributed by atoms with Gasteiger partial charge in [-0.25, -0.2) is 0 Å². The Kier molecular flexibility index (Phi) is 1.77. The molecule has 0 amide bonds. The number of rotatable bonds is 0. The van der Waals surface area contributed by atoms with Gasteiger partial charge in [0.1, 0.15) is 11.2 Å². The minimum atomic E-state index is -1.41. The lowest BCUT2D eigenvalue weighted by Crippen LogP contribution is -2.55. The van der Waals surface area contributed by atoms with Crippen LogP contribution in [0.15, 0.2) is 0 Å². The number of cyclic esters (lactones) is 1. The van der Waals surface area contributed by atoms with Crippen LogP contribution in [0.5, 0.6) is 0 Å². The number of hydrogen-bond donors (Lipinski definition) is 2. The first-order valence-corrected chi connectivity index (χ1v) is 4.94. The fourth-order valence-corrected chi connectivity index (χ4v) is 2.89. The molecule has 1 aliphatic carbocycles. The Balaban J connectivity index is 2.49. The molecule has 0 bridgehead atoms. The summed E-state index contributed by atoms with van der Waals surface area (Å²) in [6.45, 7) is 5.15. The molecular formula is C10H16O4. The molecule has 0 aromatic heterocycles. The smallest absolute Gasteiger partial charge is 0.313 e. The molecule has 2 N–H and O–H groups in total. The molecule has 80 valence electrons. The minimum Gasteiger partial charge on any atom is -0.456 e. The van der Waals surface area contributed by atoms with Gasteiger partial charge in [0.15, 0.2) is 0 Å². The molecule has 1 saturated carbocycles. The quantitative estimate of drug-likeness (QED) is 0.543. The number of fused-ring (bicyclic) bond motifs is 1. The fourth-order valence-electron chi connectivity index (χ4n) is 2.89. The van der Waals surface area contributed by atoms with E-state index in [4.69, 9.17) is 4.74 Å². The summed E-state index contributed by atoms with van der Waals surface area (Å²) in [5.41, 5.74) is -2.40. The van der Waals surface area contributed by atoms with Crippen molar-refractivity contribution in [3.8, 4) is 0 Å². The van der Waals surface area contributed by atoms with Crippen LogP contribution in [-0.2, 0) is 9.53 Å². The van der Waals surface area contributed by atoms with E-state index < -0.39 is 23.2 Å². The van der Waals surface area contributed by atoms with Crippen molar-refractivity contribution in [2.45, 2.75) is 44.5 Å². The highest BCUT2D eigenvalue weighted by atomic mass is 16.6. The Hall–Kier alpha value is -0.610. The third kappa shape index (κ3) is 0.880. The minimum absolute atomic E-state index is 0.0238. The van der Waals surface area contributed by atoms with Gasteiger partial charge in [-0.15, -0.1) is 0 Å². The van der Waals surface area contributed by atoms with E-state index in [9.17, 15) is 15.0 Å². The van der Waals surface area contributed by atoms with Crippen molar-refractivity contribution in [2.24, 2.45) is 11.8 Å². The van der Waals surface area contributed by atoms with Crippen LogP contribution in [0.4, 0.5) is 0 Å². The second kappa shape index (κ2) is 2.49. The molecule has 4 nitrogen and oxygen atoms in total. The van der Waals surface area contributed by atoms with E-state index in [2.05, 4.69) is 0 Å². The molecule has 1 aliphatic heterocycles. The summed E-state index contributed by atoms with van der Waals surface area (Å²) < 4.78 is 5.11. The summed E-state index contributed by atoms with van der Waals surface area (Å²) in [5.74, 6) is -0.988. The van der Waals surface area contributed by atoms with Gasteiger partial charge in [-0.1, -0.05) is 6.92 Å². The number of ether oxygens (including phenoxy) is 1. The Bertz CT molecular complexity index is 286. The third-order valence-electron chi connectivity index (χ3n) is 3.72. The summed E-state index contributed by atoms with van der Waals surface area (Å²) in [6.07, 6.45) is -0.413. The van der Waals surface area contributed by atoms with E-state index in [0.29, 0.717) is 6.42 Å². The average Bonchev–Trinajstić information content (AvgIpc) is 2.32. The van der Waals surface area contributed by atoms with Crippen LogP contribution < -0.4 is 0 Å². The van der Waals surface area contributed by atoms with Gasteiger partial charge in [0, 0.05) is 0 Å². The second-order valence-corrected chi connectivity index (χ2v) is 4.96. The van der Waals surface area contributed by atoms with E-state index >= 15 is 0 Å². The lowest BCUT2D eigenvalue weighted by Gasteiger charge is -2.35. The predicted octanol–water partition coefficient (Wildman–Crippen LogP) is 0.0698. The van der Waals surface area contributed by atoms with E-state index in [1.165, 1.54) is 0 Å². The molecule has 4 atom stereocenters. The van der Waals surface area contributed by atoms with Crippen molar-refractivity contribution < 1.29 is 19.7 Å². The van der Waals surface area contributed by atoms with E-state index in [1.807, 2.05) is 6.92 Å². The zero-order valence-corrected chi connectivity index (χ0v) is 8.65. The number of esters is 1. The highest BCUT2D eigenvalue weighted by Gasteiger charge is 2.69. The first kappa shape index (κ1) is 9.93. The molecule has 1 saturated heterocycles. The number of hydrogen-bond acceptors (Lipinski definition) is 4. The molecule has 2 rings (SSSR count). The van der Waals surface area contributed by atoms with E-state index in [1.54, 1.807) is 13.8 Å². The van der Waals surface area contributed by atoms with Gasteiger partial charge in [0.2, 0.25) is 0 Å². The first-order chi connectivity index (χ1) is 6.30. The normalized spacial score (nSPS) is 50.4. The maximum absolute atomic E-state index is 11.5. The Morgan fingerprint density at radius 2 is 2.07 bits per heavy atom. The monoisotopic (exact) mass is 200 g/mol. The number of carbonyl (C=O) groups is 1. The van der Waals surface area contributed by atoms with Gasteiger partial charge in [-0.3, -0.25) is 4.79 Å². The molecule has 2 aliphatic rings. The van der Waals surface area contributed by atoms with Crippen molar-refractivity contribution in [3.05, 3.63) is 0 Å². The molecule has 4 heteroatoms. The molecule has 0 aromatic rings. The van der Waals surface area contributed by atoms with Crippen molar-refractivity contribution in [1.82, 2.24) is 0 Å². The predicted molar refractivity (Wildman–Crippen MR) is 48.4 cm³/mol. The molecule has 0 radical (unpaired) electrons. The van der Waals surface area contributed by atoms with Crippen molar-refractivity contribution in [2.75, 3.05) is 0 Å². The van der Waals surface area contributed by atoms with E-state index in [-0.39, 0.29) is 11.9 Å². The average molecular weight is 200 g/mol. The van der Waals surface area contributed by atoms with Gasteiger partial charge in [-0.05, 0) is 26.2 Å². The zero-order valence-electron chi connectivity index (χ0n) is 8.65. The number of aliphatic hydroxyl groups is 2. The number of carbonyl (C=O) groups excluding carboxylic acids is 1. The van der Waals surface area contributed by atoms with Gasteiger partial charge in [0.05, 0.1) is 12.0 Å². The van der Waals surface area contributed by atoms with E-state index in [0.717, 1.165) is 0 Å². The molecular weight excluding hydrogens is 184 g/mol. The molecule has 2 fully saturated rings. The number of aliphatic hydroxyl groups excluding tert-OH is 1. The van der Waals surface area contributed by atoms with Gasteiger partial charge < -0.3 is 14.9 Å². The van der Waals surface area contributed by atoms with Crippen molar-refractivity contribution in [3.63, 3.8) is 0 Å². The van der Waals surface area contributed by atoms with Crippen LogP contribution in [0.25, 0.3) is 0 Å². The van der Waals surface area contributed by atoms with Crippen LogP contribution in [0.1, 0.15) is 27.2 Å². The van der Waals surface area contributed by atoms with Gasteiger partial charge in [0.25, 0.3) is 0 Å². The topological polar surface area (TPSA) is 66.8 Å². The van der Waals surface area contributed by atoms with Crippen LogP contribution in [0.2, 0.25) is 0 Å². The second-order valence-electron chi connectivity index (χ2n) is 4.96. The Morgan fingerprint density at radius 3 is 2.57 bits per heavy atom. The molecule has 0 unspecified atom stereocenters. The maximum atomic E-state index is 11.5. The van der Waals surface area contributed by atoms with Gasteiger partial charge in [-0.2, -0.15) is 0 Å². The summed E-state index contributed by atoms with van der Waals surface area (Å²) in [4.78, 5) is 11.5. The molecule has 0 aromatic carbocycles. The summed E-state index contributed by atoms with van der Waals surface area (Å²) in [6, 6.07) is 0. The van der Waals surface area contributed by atoms with Crippen LogP contribution in [0.3, 0.4) is 0 Å². The molecule has 1 heterocycles. The molecule has 14 heavy (non-hydrogen) atoms. The van der Waals surface area contributed by atoms with Gasteiger partial charge >= 0.3 is 5.97 Å². The molecule has 0 spiro atoms. The van der Waals surface area contributed by atoms with Crippen LogP contribution in [-0.4, -0.2) is 33.5 Å². The highest BCUT2D eigenvalue weighted by molar-refractivity contribution is 5.79. The lowest BCUT2D eigenvalue weighted by atomic mass is 9.77. The lowest BCUT2D eigenvalue weighted by molar-refractivity contribution is -0.164. The van der Waals surface area contributed by atoms with Crippen LogP contribution >= 0.6 is 0 Å². The fraction of sp³-hybridized carbons (Fsp3) is 0.900. The van der Waals surface area contributed by atoms with Crippen molar-refractivity contribution in [1.29, 1.82) is 0 Å². The van der Waals surface area contributed by atoms with Crippen LogP contribution in [0, 0.1) is 11.8 Å². The third-order valence-corrected chi connectivity index (χ3v) is 3.72. The first-order valence-electron chi connectivity index (χ1n) is 4.94. The maximum Gasteiger partial charge on any atom is 0.313 e. The summed E-state index contributed by atoms with van der Waals surface area (Å²) >= 11 is 0. The standard InChI is InChI=1S/C10H16O4/c1-5-4-6(11)10(13)7(5)8(12)14-9(10,2)3/h5-7,11,13H,4H2,1-3H3/t5-,6+,7-,10+/m1/s1. The van der Waals surface area contributed by atoms with Crippen molar-refractivity contribution >= 4 is 5.97 Å². The largest absolute Gasteiger partial charge is 0.456 e. The zero-order chi connectivity index (χ0) is 10.7. The highest BCUT2D eigenvalue weighted by Crippen LogP contribution is 2.53. The Morgan fingerprint density at radius 1 is 1.50 bits per heavy atom. The SMILES string of the molecule is C[C@@H]1C[C@H](O)[C@]2(O)[C@H]1C(=O)OC2(C)C. The summed E-state index contributed by atoms with van der Waals surface area (Å²) in [7, 11) is 0. The summed E-state index contributed by atoms with van der Waals surface area (Å²) in [5, 5.41) is 20.2. The Labute approximate surface area is 82.9 Å².